The lowest BCUT2D eigenvalue weighted by Gasteiger charge is -2.09. The first kappa shape index (κ1) is 15.7. The molecule has 0 spiro atoms. The zero-order valence-corrected chi connectivity index (χ0v) is 13.1. The van der Waals surface area contributed by atoms with Crippen molar-refractivity contribution >= 4 is 17.4 Å². The molecule has 1 saturated carbocycles. The molecule has 1 aliphatic carbocycles. The summed E-state index contributed by atoms with van der Waals surface area (Å²) in [7, 11) is 1.51. The summed E-state index contributed by atoms with van der Waals surface area (Å²) in [5.41, 5.74) is 1.44. The third-order valence-electron chi connectivity index (χ3n) is 3.86. The SMILES string of the molecule is COc1cccc(NC(=O)[C@@H](C#N)C(=O)c2cc(C3CC3)[nH]n2)c1. The molecule has 7 nitrogen and oxygen atoms in total. The van der Waals surface area contributed by atoms with E-state index < -0.39 is 17.6 Å². The molecule has 24 heavy (non-hydrogen) atoms. The van der Waals surface area contributed by atoms with Crippen LogP contribution >= 0.6 is 0 Å². The molecule has 0 unspecified atom stereocenters. The maximum absolute atomic E-state index is 12.4. The van der Waals surface area contributed by atoms with Crippen molar-refractivity contribution in [1.29, 1.82) is 5.26 Å². The molecule has 2 aromatic rings. The lowest BCUT2D eigenvalue weighted by molar-refractivity contribution is -0.117. The summed E-state index contributed by atoms with van der Waals surface area (Å²) >= 11 is 0. The Hall–Kier alpha value is -3.14. The summed E-state index contributed by atoms with van der Waals surface area (Å²) in [5.74, 6) is -1.78. The summed E-state index contributed by atoms with van der Waals surface area (Å²) in [6.45, 7) is 0. The molecule has 2 N–H and O–H groups in total. The minimum absolute atomic E-state index is 0.115. The Morgan fingerprint density at radius 3 is 2.88 bits per heavy atom. The smallest absolute Gasteiger partial charge is 0.249 e. The summed E-state index contributed by atoms with van der Waals surface area (Å²) in [4.78, 5) is 24.7. The zero-order valence-electron chi connectivity index (χ0n) is 13.1. The third kappa shape index (κ3) is 3.27. The number of hydrogen-bond donors (Lipinski definition) is 2. The standard InChI is InChI=1S/C17H16N4O3/c1-24-12-4-2-3-11(7-12)19-17(23)13(9-18)16(22)15-8-14(20-21-15)10-5-6-10/h2-4,7-8,10,13H,5-6H2,1H3,(H,19,23)(H,20,21)/t13-/m0/s1. The molecule has 0 saturated heterocycles. The van der Waals surface area contributed by atoms with Crippen molar-refractivity contribution in [1.82, 2.24) is 10.2 Å². The van der Waals surface area contributed by atoms with E-state index in [9.17, 15) is 14.9 Å². The van der Waals surface area contributed by atoms with Gasteiger partial charge in [0.2, 0.25) is 11.7 Å². The maximum Gasteiger partial charge on any atom is 0.249 e. The number of nitrogens with zero attached hydrogens (tertiary/aromatic N) is 2. The third-order valence-corrected chi connectivity index (χ3v) is 3.86. The Labute approximate surface area is 138 Å². The van der Waals surface area contributed by atoms with E-state index in [2.05, 4.69) is 15.5 Å². The number of nitriles is 1. The van der Waals surface area contributed by atoms with Gasteiger partial charge in [-0.2, -0.15) is 10.4 Å². The van der Waals surface area contributed by atoms with Crippen LogP contribution in [0.25, 0.3) is 0 Å². The van der Waals surface area contributed by atoms with Gasteiger partial charge in [-0.25, -0.2) is 0 Å². The molecule has 0 radical (unpaired) electrons. The molecule has 1 aliphatic rings. The van der Waals surface area contributed by atoms with E-state index in [1.54, 1.807) is 36.4 Å². The van der Waals surface area contributed by atoms with Crippen LogP contribution in [0, 0.1) is 17.2 Å². The van der Waals surface area contributed by atoms with Crippen molar-refractivity contribution in [2.75, 3.05) is 12.4 Å². The second-order valence-corrected chi connectivity index (χ2v) is 5.63. The number of carbonyl (C=O) groups is 2. The van der Waals surface area contributed by atoms with Crippen molar-refractivity contribution in [2.24, 2.45) is 5.92 Å². The molecule has 122 valence electrons. The molecule has 1 fully saturated rings. The summed E-state index contributed by atoms with van der Waals surface area (Å²) in [5, 5.41) is 18.5. The van der Waals surface area contributed by atoms with Crippen LogP contribution in [-0.4, -0.2) is 29.0 Å². The van der Waals surface area contributed by atoms with Gasteiger partial charge in [0.1, 0.15) is 11.4 Å². The van der Waals surface area contributed by atoms with Crippen LogP contribution in [-0.2, 0) is 4.79 Å². The fourth-order valence-corrected chi connectivity index (χ4v) is 2.37. The topological polar surface area (TPSA) is 108 Å². The van der Waals surface area contributed by atoms with E-state index in [0.717, 1.165) is 18.5 Å². The van der Waals surface area contributed by atoms with Gasteiger partial charge in [-0.3, -0.25) is 14.7 Å². The normalized spacial score (nSPS) is 14.5. The molecule has 1 aromatic carbocycles. The molecular weight excluding hydrogens is 308 g/mol. The number of aromatic amines is 1. The summed E-state index contributed by atoms with van der Waals surface area (Å²) in [6, 6.07) is 10.1. The van der Waals surface area contributed by atoms with Crippen LogP contribution in [0.3, 0.4) is 0 Å². The quantitative estimate of drug-likeness (QED) is 0.626. The van der Waals surface area contributed by atoms with Crippen molar-refractivity contribution in [2.45, 2.75) is 18.8 Å². The van der Waals surface area contributed by atoms with Crippen LogP contribution in [0.5, 0.6) is 5.75 Å². The monoisotopic (exact) mass is 324 g/mol. The van der Waals surface area contributed by atoms with E-state index in [1.807, 2.05) is 0 Å². The van der Waals surface area contributed by atoms with E-state index in [4.69, 9.17) is 4.74 Å². The van der Waals surface area contributed by atoms with E-state index in [-0.39, 0.29) is 5.69 Å². The maximum atomic E-state index is 12.4. The number of aromatic nitrogens is 2. The second-order valence-electron chi connectivity index (χ2n) is 5.63. The molecule has 0 aliphatic heterocycles. The number of H-pyrrole nitrogens is 1. The second kappa shape index (κ2) is 6.54. The van der Waals surface area contributed by atoms with Crippen molar-refractivity contribution in [3.05, 3.63) is 41.7 Å². The lowest BCUT2D eigenvalue weighted by Crippen LogP contribution is -2.28. The van der Waals surface area contributed by atoms with E-state index in [1.165, 1.54) is 7.11 Å². The van der Waals surface area contributed by atoms with Gasteiger partial charge in [0, 0.05) is 23.4 Å². The van der Waals surface area contributed by atoms with Crippen molar-refractivity contribution in [3.63, 3.8) is 0 Å². The highest BCUT2D eigenvalue weighted by atomic mass is 16.5. The van der Waals surface area contributed by atoms with Gasteiger partial charge in [-0.1, -0.05) is 6.07 Å². The van der Waals surface area contributed by atoms with E-state index in [0.29, 0.717) is 17.4 Å². The highest BCUT2D eigenvalue weighted by Crippen LogP contribution is 2.39. The van der Waals surface area contributed by atoms with Crippen molar-refractivity contribution < 1.29 is 14.3 Å². The van der Waals surface area contributed by atoms with Gasteiger partial charge in [0.05, 0.1) is 13.2 Å². The number of Topliss-reactive ketones (excluding diaryl/α,β-unsaturated/α-hetero) is 1. The van der Waals surface area contributed by atoms with Crippen LogP contribution in [0.1, 0.15) is 34.9 Å². The lowest BCUT2D eigenvalue weighted by atomic mass is 10.0. The number of carbonyl (C=O) groups excluding carboxylic acids is 2. The summed E-state index contributed by atoms with van der Waals surface area (Å²) in [6.07, 6.45) is 2.13. The molecule has 3 rings (SSSR count). The van der Waals surface area contributed by atoms with Gasteiger partial charge in [-0.05, 0) is 31.0 Å². The fraction of sp³-hybridized carbons (Fsp3) is 0.294. The average molecular weight is 324 g/mol. The predicted octanol–water partition coefficient (Wildman–Crippen LogP) is 2.26. The Morgan fingerprint density at radius 1 is 1.42 bits per heavy atom. The molecule has 1 heterocycles. The van der Waals surface area contributed by atoms with Crippen LogP contribution in [0.4, 0.5) is 5.69 Å². The highest BCUT2D eigenvalue weighted by molar-refractivity contribution is 6.14. The Bertz CT molecular complexity index is 817. The van der Waals surface area contributed by atoms with Gasteiger partial charge in [0.25, 0.3) is 0 Å². The van der Waals surface area contributed by atoms with E-state index >= 15 is 0 Å². The minimum Gasteiger partial charge on any atom is -0.497 e. The first-order valence-corrected chi connectivity index (χ1v) is 7.56. The predicted molar refractivity (Wildman–Crippen MR) is 85.6 cm³/mol. The van der Waals surface area contributed by atoms with Gasteiger partial charge >= 0.3 is 0 Å². The number of amides is 1. The number of rotatable bonds is 6. The van der Waals surface area contributed by atoms with Crippen molar-refractivity contribution in [3.8, 4) is 11.8 Å². The Balaban J connectivity index is 1.73. The first-order chi connectivity index (χ1) is 11.6. The Morgan fingerprint density at radius 2 is 2.21 bits per heavy atom. The number of nitrogens with one attached hydrogen (secondary N) is 2. The fourth-order valence-electron chi connectivity index (χ4n) is 2.37. The number of ether oxygens (including phenoxy) is 1. The highest BCUT2D eigenvalue weighted by Gasteiger charge is 2.32. The molecule has 7 heteroatoms. The molecule has 1 amide bonds. The Kier molecular flexibility index (Phi) is 4.29. The number of ketones is 1. The number of anilines is 1. The van der Waals surface area contributed by atoms with Crippen LogP contribution < -0.4 is 10.1 Å². The van der Waals surface area contributed by atoms with Gasteiger partial charge < -0.3 is 10.1 Å². The van der Waals surface area contributed by atoms with Crippen LogP contribution in [0.2, 0.25) is 0 Å². The average Bonchev–Trinajstić information content (AvgIpc) is 3.32. The van der Waals surface area contributed by atoms with Crippen LogP contribution in [0.15, 0.2) is 30.3 Å². The van der Waals surface area contributed by atoms with Gasteiger partial charge in [-0.15, -0.1) is 0 Å². The molecular formula is C17H16N4O3. The van der Waals surface area contributed by atoms with Gasteiger partial charge in [0.15, 0.2) is 5.92 Å². The summed E-state index contributed by atoms with van der Waals surface area (Å²) < 4.78 is 5.07. The minimum atomic E-state index is -1.45. The molecule has 0 bridgehead atoms. The number of methoxy groups -OCH3 is 1. The number of hydrogen-bond acceptors (Lipinski definition) is 5. The molecule has 1 aromatic heterocycles. The first-order valence-electron chi connectivity index (χ1n) is 7.56. The molecule has 1 atom stereocenters. The number of benzene rings is 1. The largest absolute Gasteiger partial charge is 0.497 e. The zero-order chi connectivity index (χ0) is 17.1.